The lowest BCUT2D eigenvalue weighted by Gasteiger charge is -2.05. The normalized spacial score (nSPS) is 10.3. The maximum absolute atomic E-state index is 10.8. The number of aldehydes is 1. The molecule has 0 aliphatic rings. The van der Waals surface area contributed by atoms with E-state index in [0.29, 0.717) is 4.88 Å². The molecule has 0 saturated carbocycles. The predicted octanol–water partition coefficient (Wildman–Crippen LogP) is 3.70. The number of carbonyl (C=O) groups excluding carboxylic acids is 1. The maximum atomic E-state index is 10.8. The van der Waals surface area contributed by atoms with Crippen LogP contribution in [0.3, 0.4) is 0 Å². The maximum Gasteiger partial charge on any atom is 0.161 e. The summed E-state index contributed by atoms with van der Waals surface area (Å²) in [5, 5.41) is 0.794. The van der Waals surface area contributed by atoms with Crippen molar-refractivity contribution < 1.29 is 9.53 Å². The van der Waals surface area contributed by atoms with Crippen molar-refractivity contribution in [2.75, 3.05) is 7.11 Å². The van der Waals surface area contributed by atoms with Gasteiger partial charge in [-0.3, -0.25) is 4.79 Å². The first-order valence-electron chi connectivity index (χ1n) is 4.92. The average molecular weight is 312 g/mol. The van der Waals surface area contributed by atoms with Crippen LogP contribution in [0.4, 0.5) is 0 Å². The Labute approximate surface area is 112 Å². The summed E-state index contributed by atoms with van der Waals surface area (Å²) in [6, 6.07) is 5.71. The molecular formula is C12H10BrNO2S. The number of aryl methyl sites for hydroxylation is 1. The molecule has 0 N–H and O–H groups in total. The van der Waals surface area contributed by atoms with Gasteiger partial charge in [-0.25, -0.2) is 4.98 Å². The van der Waals surface area contributed by atoms with Crippen LogP contribution >= 0.6 is 27.3 Å². The SMILES string of the molecule is COc1ccc(Br)cc1-c1nc(C)c(C=O)s1. The molecule has 1 aromatic heterocycles. The summed E-state index contributed by atoms with van der Waals surface area (Å²) < 4.78 is 6.25. The number of halogens is 1. The Hall–Kier alpha value is -1.20. The number of rotatable bonds is 3. The summed E-state index contributed by atoms with van der Waals surface area (Å²) in [4.78, 5) is 15.9. The number of thiazole rings is 1. The first-order chi connectivity index (χ1) is 8.15. The van der Waals surface area contributed by atoms with Crippen LogP contribution in [-0.4, -0.2) is 18.4 Å². The van der Waals surface area contributed by atoms with Crippen LogP contribution in [0.25, 0.3) is 10.6 Å². The molecule has 0 aliphatic heterocycles. The number of hydrogen-bond acceptors (Lipinski definition) is 4. The Balaban J connectivity index is 2.58. The summed E-state index contributed by atoms with van der Waals surface area (Å²) in [5.41, 5.74) is 1.64. The minimum absolute atomic E-state index is 0.655. The van der Waals surface area contributed by atoms with E-state index in [9.17, 15) is 4.79 Å². The fourth-order valence-corrected chi connectivity index (χ4v) is 2.74. The molecule has 3 nitrogen and oxygen atoms in total. The molecule has 0 bridgehead atoms. The molecule has 1 heterocycles. The fourth-order valence-electron chi connectivity index (χ4n) is 1.48. The summed E-state index contributed by atoms with van der Waals surface area (Å²) in [6.45, 7) is 1.83. The second-order valence-corrected chi connectivity index (χ2v) is 5.38. The molecule has 0 unspecified atom stereocenters. The number of hydrogen-bond donors (Lipinski definition) is 0. The highest BCUT2D eigenvalue weighted by atomic mass is 79.9. The number of carbonyl (C=O) groups is 1. The lowest BCUT2D eigenvalue weighted by atomic mass is 10.2. The highest BCUT2D eigenvalue weighted by Gasteiger charge is 2.13. The molecule has 0 amide bonds. The van der Waals surface area contributed by atoms with Gasteiger partial charge in [-0.15, -0.1) is 11.3 Å². The third kappa shape index (κ3) is 2.40. The number of nitrogens with zero attached hydrogens (tertiary/aromatic N) is 1. The second kappa shape index (κ2) is 4.98. The van der Waals surface area contributed by atoms with Gasteiger partial charge in [0.25, 0.3) is 0 Å². The lowest BCUT2D eigenvalue weighted by molar-refractivity contribution is 0.112. The molecule has 2 rings (SSSR count). The van der Waals surface area contributed by atoms with E-state index in [2.05, 4.69) is 20.9 Å². The zero-order valence-electron chi connectivity index (χ0n) is 9.36. The molecule has 0 saturated heterocycles. The first-order valence-corrected chi connectivity index (χ1v) is 6.53. The Bertz CT molecular complexity index is 566. The molecule has 88 valence electrons. The molecule has 1 aromatic carbocycles. The van der Waals surface area contributed by atoms with Crippen molar-refractivity contribution in [3.8, 4) is 16.3 Å². The molecule has 0 fully saturated rings. The minimum atomic E-state index is 0.655. The zero-order valence-corrected chi connectivity index (χ0v) is 11.8. The van der Waals surface area contributed by atoms with Gasteiger partial charge in [0.2, 0.25) is 0 Å². The van der Waals surface area contributed by atoms with E-state index in [4.69, 9.17) is 4.74 Å². The van der Waals surface area contributed by atoms with E-state index < -0.39 is 0 Å². The van der Waals surface area contributed by atoms with Gasteiger partial charge in [-0.1, -0.05) is 15.9 Å². The molecule has 5 heteroatoms. The van der Waals surface area contributed by atoms with Gasteiger partial charge in [0, 0.05) is 4.47 Å². The number of benzene rings is 1. The lowest BCUT2D eigenvalue weighted by Crippen LogP contribution is -1.87. The average Bonchev–Trinajstić information content (AvgIpc) is 2.70. The highest BCUT2D eigenvalue weighted by molar-refractivity contribution is 9.10. The highest BCUT2D eigenvalue weighted by Crippen LogP contribution is 2.35. The van der Waals surface area contributed by atoms with E-state index in [-0.39, 0.29) is 0 Å². The van der Waals surface area contributed by atoms with Crippen LogP contribution in [0.1, 0.15) is 15.4 Å². The van der Waals surface area contributed by atoms with Crippen molar-refractivity contribution in [3.05, 3.63) is 33.2 Å². The Morgan fingerprint density at radius 3 is 2.82 bits per heavy atom. The van der Waals surface area contributed by atoms with E-state index >= 15 is 0 Å². The van der Waals surface area contributed by atoms with E-state index in [0.717, 1.165) is 32.8 Å². The molecular weight excluding hydrogens is 302 g/mol. The summed E-state index contributed by atoms with van der Waals surface area (Å²) in [5.74, 6) is 0.749. The smallest absolute Gasteiger partial charge is 0.161 e. The summed E-state index contributed by atoms with van der Waals surface area (Å²) in [6.07, 6.45) is 0.834. The fraction of sp³-hybridized carbons (Fsp3) is 0.167. The largest absolute Gasteiger partial charge is 0.496 e. The van der Waals surface area contributed by atoms with Crippen molar-refractivity contribution in [3.63, 3.8) is 0 Å². The Kier molecular flexibility index (Phi) is 3.59. The van der Waals surface area contributed by atoms with Gasteiger partial charge in [-0.2, -0.15) is 0 Å². The Morgan fingerprint density at radius 2 is 2.24 bits per heavy atom. The molecule has 0 spiro atoms. The van der Waals surface area contributed by atoms with Gasteiger partial charge in [0.1, 0.15) is 10.8 Å². The standard InChI is InChI=1S/C12H10BrNO2S/c1-7-11(6-15)17-12(14-7)9-5-8(13)3-4-10(9)16-2/h3-6H,1-2H3. The monoisotopic (exact) mass is 311 g/mol. The third-order valence-electron chi connectivity index (χ3n) is 2.33. The van der Waals surface area contributed by atoms with Crippen LogP contribution in [0.15, 0.2) is 22.7 Å². The van der Waals surface area contributed by atoms with Crippen LogP contribution < -0.4 is 4.74 Å². The molecule has 0 aliphatic carbocycles. The van der Waals surface area contributed by atoms with Crippen molar-refractivity contribution in [1.29, 1.82) is 0 Å². The van der Waals surface area contributed by atoms with Gasteiger partial charge in [0.15, 0.2) is 6.29 Å². The number of aromatic nitrogens is 1. The second-order valence-electron chi connectivity index (χ2n) is 3.43. The van der Waals surface area contributed by atoms with Gasteiger partial charge in [-0.05, 0) is 25.1 Å². The van der Waals surface area contributed by atoms with Gasteiger partial charge < -0.3 is 4.74 Å². The molecule has 17 heavy (non-hydrogen) atoms. The van der Waals surface area contributed by atoms with Crippen molar-refractivity contribution >= 4 is 33.6 Å². The molecule has 0 radical (unpaired) electrons. The minimum Gasteiger partial charge on any atom is -0.496 e. The van der Waals surface area contributed by atoms with E-state index in [1.54, 1.807) is 7.11 Å². The third-order valence-corrected chi connectivity index (χ3v) is 3.94. The van der Waals surface area contributed by atoms with Crippen molar-refractivity contribution in [2.24, 2.45) is 0 Å². The number of ether oxygens (including phenoxy) is 1. The Morgan fingerprint density at radius 1 is 1.47 bits per heavy atom. The predicted molar refractivity (Wildman–Crippen MR) is 71.9 cm³/mol. The van der Waals surface area contributed by atoms with E-state index in [1.165, 1.54) is 11.3 Å². The number of methoxy groups -OCH3 is 1. The van der Waals surface area contributed by atoms with Crippen LogP contribution in [0, 0.1) is 6.92 Å². The first kappa shape index (κ1) is 12.3. The van der Waals surface area contributed by atoms with Crippen LogP contribution in [-0.2, 0) is 0 Å². The summed E-state index contributed by atoms with van der Waals surface area (Å²) in [7, 11) is 1.62. The van der Waals surface area contributed by atoms with Crippen LogP contribution in [0.5, 0.6) is 5.75 Å². The van der Waals surface area contributed by atoms with E-state index in [1.807, 2.05) is 25.1 Å². The molecule has 2 aromatic rings. The topological polar surface area (TPSA) is 39.2 Å². The van der Waals surface area contributed by atoms with Gasteiger partial charge >= 0.3 is 0 Å². The molecule has 0 atom stereocenters. The van der Waals surface area contributed by atoms with Gasteiger partial charge in [0.05, 0.1) is 23.2 Å². The van der Waals surface area contributed by atoms with Crippen molar-refractivity contribution in [2.45, 2.75) is 6.92 Å². The zero-order chi connectivity index (χ0) is 12.4. The van der Waals surface area contributed by atoms with Crippen LogP contribution in [0.2, 0.25) is 0 Å². The van der Waals surface area contributed by atoms with Crippen molar-refractivity contribution in [1.82, 2.24) is 4.98 Å². The summed E-state index contributed by atoms with van der Waals surface area (Å²) >= 11 is 4.79. The quantitative estimate of drug-likeness (QED) is 0.811.